The first-order chi connectivity index (χ1) is 9.70. The van der Waals surface area contributed by atoms with Gasteiger partial charge in [0.25, 0.3) is 0 Å². The van der Waals surface area contributed by atoms with E-state index in [4.69, 9.17) is 22.1 Å². The zero-order chi connectivity index (χ0) is 14.1. The topological polar surface area (TPSA) is 35.2 Å². The summed E-state index contributed by atoms with van der Waals surface area (Å²) in [5.41, 5.74) is 8.45. The van der Waals surface area contributed by atoms with Gasteiger partial charge in [0.1, 0.15) is 5.75 Å². The second kappa shape index (κ2) is 5.44. The van der Waals surface area contributed by atoms with Gasteiger partial charge in [0.2, 0.25) is 0 Å². The van der Waals surface area contributed by atoms with E-state index in [1.807, 2.05) is 24.3 Å². The predicted octanol–water partition coefficient (Wildman–Crippen LogP) is 4.61. The number of hydrogen-bond acceptors (Lipinski definition) is 3. The second-order valence-corrected chi connectivity index (χ2v) is 5.90. The standard InChI is InChI=1S/C16H14ClNOS/c1-19-14-6-5-11(17)9-13(14)15(18)12-4-2-3-10-7-8-20-16(10)12/h2-9,15H,18H2,1H3. The number of rotatable bonds is 3. The van der Waals surface area contributed by atoms with E-state index in [0.717, 1.165) is 16.9 Å². The summed E-state index contributed by atoms with van der Waals surface area (Å²) in [6.45, 7) is 0. The third kappa shape index (κ3) is 2.29. The van der Waals surface area contributed by atoms with Gasteiger partial charge in [-0.05, 0) is 40.6 Å². The smallest absolute Gasteiger partial charge is 0.124 e. The molecule has 20 heavy (non-hydrogen) atoms. The molecule has 0 bridgehead atoms. The lowest BCUT2D eigenvalue weighted by molar-refractivity contribution is 0.408. The Hall–Kier alpha value is -1.55. The van der Waals surface area contributed by atoms with Gasteiger partial charge in [0.15, 0.2) is 0 Å². The van der Waals surface area contributed by atoms with E-state index in [1.165, 1.54) is 10.1 Å². The number of hydrogen-bond donors (Lipinski definition) is 1. The number of fused-ring (bicyclic) bond motifs is 1. The van der Waals surface area contributed by atoms with Gasteiger partial charge in [-0.3, -0.25) is 0 Å². The summed E-state index contributed by atoms with van der Waals surface area (Å²) >= 11 is 7.79. The minimum atomic E-state index is -0.258. The summed E-state index contributed by atoms with van der Waals surface area (Å²) < 4.78 is 6.61. The molecular formula is C16H14ClNOS. The summed E-state index contributed by atoms with van der Waals surface area (Å²) in [5.74, 6) is 0.760. The molecule has 1 atom stereocenters. The lowest BCUT2D eigenvalue weighted by Gasteiger charge is -2.17. The number of thiophene rings is 1. The molecule has 0 aliphatic rings. The molecule has 2 N–H and O–H groups in total. The van der Waals surface area contributed by atoms with Crippen LogP contribution in [-0.2, 0) is 0 Å². The van der Waals surface area contributed by atoms with Crippen molar-refractivity contribution in [3.63, 3.8) is 0 Å². The number of nitrogens with two attached hydrogens (primary N) is 1. The molecule has 1 heterocycles. The van der Waals surface area contributed by atoms with E-state index in [9.17, 15) is 0 Å². The number of benzene rings is 2. The molecule has 3 aromatic rings. The summed E-state index contributed by atoms with van der Waals surface area (Å²) in [6, 6.07) is 13.6. The lowest BCUT2D eigenvalue weighted by Crippen LogP contribution is -2.13. The van der Waals surface area contributed by atoms with E-state index in [0.29, 0.717) is 5.02 Å². The zero-order valence-electron chi connectivity index (χ0n) is 11.0. The Morgan fingerprint density at radius 3 is 2.80 bits per heavy atom. The lowest BCUT2D eigenvalue weighted by atomic mass is 9.98. The molecule has 0 saturated heterocycles. The van der Waals surface area contributed by atoms with Crippen molar-refractivity contribution in [1.82, 2.24) is 0 Å². The fourth-order valence-electron chi connectivity index (χ4n) is 2.38. The molecule has 0 radical (unpaired) electrons. The molecule has 0 saturated carbocycles. The maximum Gasteiger partial charge on any atom is 0.124 e. The van der Waals surface area contributed by atoms with Crippen LogP contribution in [0.15, 0.2) is 47.8 Å². The Bertz CT molecular complexity index is 753. The van der Waals surface area contributed by atoms with Crippen LogP contribution in [0.2, 0.25) is 5.02 Å². The Kier molecular flexibility index (Phi) is 3.66. The molecule has 4 heteroatoms. The Labute approximate surface area is 126 Å². The van der Waals surface area contributed by atoms with Crippen molar-refractivity contribution in [3.8, 4) is 5.75 Å². The van der Waals surface area contributed by atoms with Crippen molar-refractivity contribution in [3.05, 3.63) is 64.0 Å². The fourth-order valence-corrected chi connectivity index (χ4v) is 3.51. The summed E-state index contributed by atoms with van der Waals surface area (Å²) in [5, 5.41) is 3.95. The SMILES string of the molecule is COc1ccc(Cl)cc1C(N)c1cccc2ccsc12. The molecule has 2 nitrogen and oxygen atoms in total. The van der Waals surface area contributed by atoms with E-state index in [2.05, 4.69) is 23.6 Å². The van der Waals surface area contributed by atoms with E-state index in [1.54, 1.807) is 18.4 Å². The second-order valence-electron chi connectivity index (χ2n) is 4.55. The maximum absolute atomic E-state index is 6.45. The first kappa shape index (κ1) is 13.4. The molecule has 2 aromatic carbocycles. The van der Waals surface area contributed by atoms with Crippen molar-refractivity contribution in [1.29, 1.82) is 0 Å². The highest BCUT2D eigenvalue weighted by Gasteiger charge is 2.17. The third-order valence-electron chi connectivity index (χ3n) is 3.37. The Morgan fingerprint density at radius 1 is 1.15 bits per heavy atom. The van der Waals surface area contributed by atoms with Crippen molar-refractivity contribution in [2.45, 2.75) is 6.04 Å². The monoisotopic (exact) mass is 303 g/mol. The van der Waals surface area contributed by atoms with Gasteiger partial charge in [-0.1, -0.05) is 29.8 Å². The van der Waals surface area contributed by atoms with Gasteiger partial charge in [-0.2, -0.15) is 0 Å². The molecule has 0 aliphatic carbocycles. The van der Waals surface area contributed by atoms with Crippen molar-refractivity contribution in [2.24, 2.45) is 5.73 Å². The minimum absolute atomic E-state index is 0.258. The first-order valence-corrected chi connectivity index (χ1v) is 7.51. The third-order valence-corrected chi connectivity index (χ3v) is 4.59. The predicted molar refractivity (Wildman–Crippen MR) is 85.9 cm³/mol. The van der Waals surface area contributed by atoms with Crippen molar-refractivity contribution in [2.75, 3.05) is 7.11 Å². The summed E-state index contributed by atoms with van der Waals surface area (Å²) in [7, 11) is 1.64. The zero-order valence-corrected chi connectivity index (χ0v) is 12.5. The molecule has 0 amide bonds. The van der Waals surface area contributed by atoms with Gasteiger partial charge in [0, 0.05) is 15.3 Å². The first-order valence-electron chi connectivity index (χ1n) is 6.26. The molecule has 1 aromatic heterocycles. The molecular weight excluding hydrogens is 290 g/mol. The molecule has 0 fully saturated rings. The summed E-state index contributed by atoms with van der Waals surface area (Å²) in [4.78, 5) is 0. The minimum Gasteiger partial charge on any atom is -0.496 e. The highest BCUT2D eigenvalue weighted by molar-refractivity contribution is 7.17. The molecule has 3 rings (SSSR count). The van der Waals surface area contributed by atoms with E-state index >= 15 is 0 Å². The van der Waals surface area contributed by atoms with Crippen LogP contribution < -0.4 is 10.5 Å². The van der Waals surface area contributed by atoms with Gasteiger partial charge in [-0.25, -0.2) is 0 Å². The van der Waals surface area contributed by atoms with Gasteiger partial charge in [-0.15, -0.1) is 11.3 Å². The largest absolute Gasteiger partial charge is 0.496 e. The Balaban J connectivity index is 2.15. The van der Waals surface area contributed by atoms with Crippen LogP contribution in [-0.4, -0.2) is 7.11 Å². The number of methoxy groups -OCH3 is 1. The molecule has 102 valence electrons. The van der Waals surface area contributed by atoms with E-state index in [-0.39, 0.29) is 6.04 Å². The normalized spacial score (nSPS) is 12.6. The maximum atomic E-state index is 6.45. The average molecular weight is 304 g/mol. The fraction of sp³-hybridized carbons (Fsp3) is 0.125. The van der Waals surface area contributed by atoms with Gasteiger partial charge >= 0.3 is 0 Å². The van der Waals surface area contributed by atoms with Gasteiger partial charge < -0.3 is 10.5 Å². The number of ether oxygens (including phenoxy) is 1. The number of halogens is 1. The molecule has 0 spiro atoms. The molecule has 0 aliphatic heterocycles. The molecule has 1 unspecified atom stereocenters. The quantitative estimate of drug-likeness (QED) is 0.767. The van der Waals surface area contributed by atoms with Crippen LogP contribution in [0.1, 0.15) is 17.2 Å². The van der Waals surface area contributed by atoms with Crippen LogP contribution in [0.4, 0.5) is 0 Å². The van der Waals surface area contributed by atoms with Gasteiger partial charge in [0.05, 0.1) is 13.2 Å². The Morgan fingerprint density at radius 2 is 2.00 bits per heavy atom. The summed E-state index contributed by atoms with van der Waals surface area (Å²) in [6.07, 6.45) is 0. The van der Waals surface area contributed by atoms with Crippen molar-refractivity contribution < 1.29 is 4.74 Å². The van der Waals surface area contributed by atoms with Crippen molar-refractivity contribution >= 4 is 33.0 Å². The van der Waals surface area contributed by atoms with Crippen LogP contribution in [0.3, 0.4) is 0 Å². The highest BCUT2D eigenvalue weighted by Crippen LogP contribution is 2.35. The average Bonchev–Trinajstić information content (AvgIpc) is 2.94. The van der Waals surface area contributed by atoms with Crippen LogP contribution >= 0.6 is 22.9 Å². The van der Waals surface area contributed by atoms with Crippen LogP contribution in [0, 0.1) is 0 Å². The van der Waals surface area contributed by atoms with Crippen LogP contribution in [0.25, 0.3) is 10.1 Å². The highest BCUT2D eigenvalue weighted by atomic mass is 35.5. The van der Waals surface area contributed by atoms with E-state index < -0.39 is 0 Å². The van der Waals surface area contributed by atoms with Crippen LogP contribution in [0.5, 0.6) is 5.75 Å².